The Hall–Kier alpha value is -4.38. The third-order valence-corrected chi connectivity index (χ3v) is 7.14. The molecule has 0 bridgehead atoms. The Labute approximate surface area is 229 Å². The zero-order valence-corrected chi connectivity index (χ0v) is 22.4. The second-order valence-electron chi connectivity index (χ2n) is 9.99. The van der Waals surface area contributed by atoms with E-state index in [-0.39, 0.29) is 17.3 Å². The Morgan fingerprint density at radius 3 is 2.27 bits per heavy atom. The van der Waals surface area contributed by atoms with Crippen LogP contribution in [-0.4, -0.2) is 73.7 Å². The third kappa shape index (κ3) is 5.24. The van der Waals surface area contributed by atoms with Gasteiger partial charge in [-0.3, -0.25) is 14.7 Å². The first kappa shape index (κ1) is 27.2. The Morgan fingerprint density at radius 2 is 1.65 bits per heavy atom. The molecule has 5 rings (SSSR count). The molecule has 0 unspecified atom stereocenters. The minimum Gasteiger partial charge on any atom is -0.493 e. The summed E-state index contributed by atoms with van der Waals surface area (Å²) in [6.07, 6.45) is -0.975. The Kier molecular flexibility index (Phi) is 7.24. The van der Waals surface area contributed by atoms with E-state index in [0.717, 1.165) is 17.2 Å². The van der Waals surface area contributed by atoms with Crippen molar-refractivity contribution in [2.75, 3.05) is 62.0 Å². The molecule has 0 radical (unpaired) electrons. The van der Waals surface area contributed by atoms with Crippen molar-refractivity contribution in [2.24, 2.45) is 0 Å². The van der Waals surface area contributed by atoms with Gasteiger partial charge in [0.15, 0.2) is 0 Å². The summed E-state index contributed by atoms with van der Waals surface area (Å²) in [4.78, 5) is 27.9. The number of hydrogen-bond donors (Lipinski definition) is 1. The van der Waals surface area contributed by atoms with Crippen LogP contribution in [0.15, 0.2) is 60.9 Å². The van der Waals surface area contributed by atoms with Crippen molar-refractivity contribution in [3.63, 3.8) is 0 Å². The number of likely N-dealkylation sites (N-methyl/N-ethyl adjacent to an activating group) is 1. The van der Waals surface area contributed by atoms with Crippen LogP contribution in [-0.2, 0) is 11.0 Å². The largest absolute Gasteiger partial charge is 0.493 e. The molecule has 2 aromatic carbocycles. The number of pyridine rings is 2. The van der Waals surface area contributed by atoms with Crippen molar-refractivity contribution in [2.45, 2.75) is 6.18 Å². The number of benzene rings is 2. The number of aromatic nitrogens is 2. The topological polar surface area (TPSA) is 76.0 Å². The molecule has 208 valence electrons. The van der Waals surface area contributed by atoms with E-state index in [1.54, 1.807) is 48.3 Å². The molecule has 11 heteroatoms. The maximum absolute atomic E-state index is 14.4. The van der Waals surface area contributed by atoms with Crippen LogP contribution in [0.1, 0.15) is 5.56 Å². The van der Waals surface area contributed by atoms with Gasteiger partial charge in [0.2, 0.25) is 12.3 Å². The van der Waals surface area contributed by atoms with Crippen molar-refractivity contribution in [3.05, 3.63) is 66.5 Å². The van der Waals surface area contributed by atoms with Gasteiger partial charge >= 0.3 is 6.18 Å². The highest BCUT2D eigenvalue weighted by Gasteiger charge is 2.36. The summed E-state index contributed by atoms with van der Waals surface area (Å²) in [5.41, 5.74) is 2.38. The monoisotopic (exact) mass is 550 g/mol. The second kappa shape index (κ2) is 10.6. The third-order valence-electron chi connectivity index (χ3n) is 7.14. The number of anilines is 4. The van der Waals surface area contributed by atoms with Gasteiger partial charge in [-0.15, -0.1) is 0 Å². The number of aromatic hydroxyl groups is 1. The number of amides is 1. The highest BCUT2D eigenvalue weighted by atomic mass is 19.4. The molecule has 8 nitrogen and oxygen atoms in total. The van der Waals surface area contributed by atoms with Crippen LogP contribution in [0.25, 0.3) is 22.0 Å². The Balaban J connectivity index is 1.68. The number of alkyl halides is 3. The molecule has 1 fully saturated rings. The lowest BCUT2D eigenvalue weighted by Gasteiger charge is -2.36. The van der Waals surface area contributed by atoms with E-state index in [1.165, 1.54) is 23.2 Å². The first-order valence-electron chi connectivity index (χ1n) is 12.7. The molecule has 1 aliphatic rings. The fourth-order valence-corrected chi connectivity index (χ4v) is 4.95. The van der Waals surface area contributed by atoms with E-state index in [2.05, 4.69) is 14.9 Å². The van der Waals surface area contributed by atoms with Crippen molar-refractivity contribution in [1.82, 2.24) is 14.9 Å². The number of carbonyl (C=O) groups excluding carboxylic acids is 1. The molecule has 1 amide bonds. The smallest absolute Gasteiger partial charge is 0.418 e. The molecule has 1 saturated heterocycles. The summed E-state index contributed by atoms with van der Waals surface area (Å²) in [5.74, 6) is -0.116. The maximum Gasteiger partial charge on any atom is 0.418 e. The predicted octanol–water partition coefficient (Wildman–Crippen LogP) is 5.13. The van der Waals surface area contributed by atoms with Crippen molar-refractivity contribution in [1.29, 1.82) is 0 Å². The average Bonchev–Trinajstić information content (AvgIpc) is 2.93. The Morgan fingerprint density at radius 1 is 0.925 bits per heavy atom. The number of halogens is 3. The summed E-state index contributed by atoms with van der Waals surface area (Å²) in [6.45, 7) is 2.27. The molecule has 1 aliphatic heterocycles. The van der Waals surface area contributed by atoms with Crippen LogP contribution in [0.5, 0.6) is 5.88 Å². The fourth-order valence-electron chi connectivity index (χ4n) is 4.95. The van der Waals surface area contributed by atoms with Gasteiger partial charge in [-0.1, -0.05) is 6.07 Å². The van der Waals surface area contributed by atoms with Gasteiger partial charge < -0.3 is 19.8 Å². The van der Waals surface area contributed by atoms with Gasteiger partial charge in [-0.05, 0) is 49.0 Å². The van der Waals surface area contributed by atoms with Gasteiger partial charge in [0.1, 0.15) is 0 Å². The molecule has 0 aliphatic carbocycles. The van der Waals surface area contributed by atoms with Gasteiger partial charge in [0.05, 0.1) is 28.7 Å². The van der Waals surface area contributed by atoms with Gasteiger partial charge in [0, 0.05) is 74.9 Å². The van der Waals surface area contributed by atoms with Crippen LogP contribution < -0.4 is 14.7 Å². The van der Waals surface area contributed by atoms with Crippen molar-refractivity contribution in [3.8, 4) is 17.0 Å². The van der Waals surface area contributed by atoms with E-state index in [1.807, 2.05) is 19.2 Å². The molecule has 0 spiro atoms. The molecule has 1 N–H and O–H groups in total. The Bertz CT molecular complexity index is 1530. The number of carbonyl (C=O) groups is 1. The average molecular weight is 551 g/mol. The predicted molar refractivity (Wildman–Crippen MR) is 150 cm³/mol. The maximum atomic E-state index is 14.4. The SMILES string of the molecule is CN1CCN(c2ccc(N(C=O)c3c(N(C)C)cnc4ccc(-c5ccc(O)nc5)cc34)cc2C(F)(F)F)CC1. The molecule has 4 aromatic rings. The second-order valence-corrected chi connectivity index (χ2v) is 9.99. The van der Waals surface area contributed by atoms with Crippen molar-refractivity contribution >= 4 is 40.1 Å². The zero-order chi connectivity index (χ0) is 28.6. The number of fused-ring (bicyclic) bond motifs is 1. The number of nitrogens with zero attached hydrogens (tertiary/aromatic N) is 6. The molecular weight excluding hydrogens is 521 g/mol. The number of rotatable bonds is 6. The standard InChI is InChI=1S/C29H29F3N6O2/c1-35(2)26-17-33-24-7-4-19(20-5-9-27(40)34-16-20)14-22(24)28(26)38(18-39)21-6-8-25(23(15-21)29(30,31)32)37-12-10-36(3)11-13-37/h4-9,14-18H,10-13H2,1-3H3,(H,34,40). The molecule has 0 atom stereocenters. The lowest BCUT2D eigenvalue weighted by atomic mass is 10.0. The van der Waals surface area contributed by atoms with E-state index in [4.69, 9.17) is 0 Å². The van der Waals surface area contributed by atoms with Crippen LogP contribution in [0, 0.1) is 0 Å². The van der Waals surface area contributed by atoms with Gasteiger partial charge in [-0.2, -0.15) is 13.2 Å². The summed E-state index contributed by atoms with van der Waals surface area (Å²) in [5, 5.41) is 10.2. The molecule has 0 saturated carbocycles. The lowest BCUT2D eigenvalue weighted by Crippen LogP contribution is -2.45. The van der Waals surface area contributed by atoms with E-state index >= 15 is 0 Å². The van der Waals surface area contributed by atoms with E-state index in [9.17, 15) is 23.1 Å². The molecule has 3 heterocycles. The summed E-state index contributed by atoms with van der Waals surface area (Å²) < 4.78 is 43.1. The van der Waals surface area contributed by atoms with Crippen LogP contribution in [0.2, 0.25) is 0 Å². The zero-order valence-electron chi connectivity index (χ0n) is 22.4. The molecular formula is C29H29F3N6O2. The summed E-state index contributed by atoms with van der Waals surface area (Å²) >= 11 is 0. The molecule has 2 aromatic heterocycles. The van der Waals surface area contributed by atoms with Crippen molar-refractivity contribution < 1.29 is 23.1 Å². The van der Waals surface area contributed by atoms with Crippen LogP contribution in [0.4, 0.5) is 35.9 Å². The summed E-state index contributed by atoms with van der Waals surface area (Å²) in [7, 11) is 5.50. The quantitative estimate of drug-likeness (QED) is 0.334. The first-order valence-corrected chi connectivity index (χ1v) is 12.7. The number of hydrogen-bond acceptors (Lipinski definition) is 7. The van der Waals surface area contributed by atoms with Crippen LogP contribution in [0.3, 0.4) is 0 Å². The lowest BCUT2D eigenvalue weighted by molar-refractivity contribution is -0.137. The first-order chi connectivity index (χ1) is 19.1. The number of piperazine rings is 1. The van der Waals surface area contributed by atoms with E-state index in [0.29, 0.717) is 54.9 Å². The minimum atomic E-state index is -4.62. The van der Waals surface area contributed by atoms with E-state index < -0.39 is 11.7 Å². The highest BCUT2D eigenvalue weighted by molar-refractivity contribution is 6.07. The highest BCUT2D eigenvalue weighted by Crippen LogP contribution is 2.43. The fraction of sp³-hybridized carbons (Fsp3) is 0.276. The van der Waals surface area contributed by atoms with Crippen LogP contribution >= 0.6 is 0 Å². The minimum absolute atomic E-state index is 0.0903. The normalized spacial score (nSPS) is 14.4. The van der Waals surface area contributed by atoms with Gasteiger partial charge in [0.25, 0.3) is 0 Å². The molecule has 40 heavy (non-hydrogen) atoms. The van der Waals surface area contributed by atoms with Gasteiger partial charge in [-0.25, -0.2) is 4.98 Å². The summed E-state index contributed by atoms with van der Waals surface area (Å²) in [6, 6.07) is 12.6.